The summed E-state index contributed by atoms with van der Waals surface area (Å²) in [5, 5.41) is 2.82. The van der Waals surface area contributed by atoms with E-state index in [0.717, 1.165) is 6.42 Å². The Bertz CT molecular complexity index is 258. The van der Waals surface area contributed by atoms with Gasteiger partial charge in [0.1, 0.15) is 0 Å². The van der Waals surface area contributed by atoms with Gasteiger partial charge in [0, 0.05) is 26.8 Å². The van der Waals surface area contributed by atoms with E-state index < -0.39 is 0 Å². The molecule has 0 spiro atoms. The molecule has 106 valence electrons. The van der Waals surface area contributed by atoms with Gasteiger partial charge in [-0.25, -0.2) is 0 Å². The van der Waals surface area contributed by atoms with Crippen LogP contribution in [0.1, 0.15) is 19.8 Å². The highest BCUT2D eigenvalue weighted by Gasteiger charge is 2.18. The Morgan fingerprint density at radius 2 is 2.00 bits per heavy atom. The zero-order chi connectivity index (χ0) is 14.0. The second-order valence-corrected chi connectivity index (χ2v) is 4.12. The number of carbonyl (C=O) groups excluding carboxylic acids is 2. The monoisotopic (exact) mass is 260 g/mol. The molecule has 0 heterocycles. The summed E-state index contributed by atoms with van der Waals surface area (Å²) in [5.74, 6) is -0.312. The molecule has 1 amide bonds. The van der Waals surface area contributed by atoms with E-state index in [-0.39, 0.29) is 24.3 Å². The van der Waals surface area contributed by atoms with E-state index in [9.17, 15) is 9.59 Å². The second-order valence-electron chi connectivity index (χ2n) is 4.12. The van der Waals surface area contributed by atoms with E-state index >= 15 is 0 Å². The first-order valence-corrected chi connectivity index (χ1v) is 6.06. The van der Waals surface area contributed by atoms with Crippen LogP contribution >= 0.6 is 0 Å². The molecule has 0 saturated carbocycles. The maximum absolute atomic E-state index is 11.8. The lowest BCUT2D eigenvalue weighted by Gasteiger charge is -2.23. The number of carbonyl (C=O) groups is 2. The van der Waals surface area contributed by atoms with Gasteiger partial charge < -0.3 is 14.8 Å². The zero-order valence-corrected chi connectivity index (χ0v) is 11.7. The van der Waals surface area contributed by atoms with Gasteiger partial charge in [0.2, 0.25) is 5.91 Å². The Kier molecular flexibility index (Phi) is 9.22. The van der Waals surface area contributed by atoms with Crippen LogP contribution in [0.5, 0.6) is 0 Å². The Hall–Kier alpha value is -1.14. The summed E-state index contributed by atoms with van der Waals surface area (Å²) in [5.41, 5.74) is 0. The lowest BCUT2D eigenvalue weighted by Crippen LogP contribution is -2.44. The maximum atomic E-state index is 11.8. The van der Waals surface area contributed by atoms with Crippen LogP contribution in [0, 0.1) is 0 Å². The Morgan fingerprint density at radius 3 is 2.56 bits per heavy atom. The van der Waals surface area contributed by atoms with Crippen molar-refractivity contribution in [2.75, 3.05) is 41.0 Å². The first kappa shape index (κ1) is 16.9. The first-order chi connectivity index (χ1) is 8.52. The van der Waals surface area contributed by atoms with Crippen LogP contribution in [0.25, 0.3) is 0 Å². The van der Waals surface area contributed by atoms with Crippen molar-refractivity contribution >= 4 is 11.9 Å². The summed E-state index contributed by atoms with van der Waals surface area (Å²) in [7, 11) is 4.79. The molecule has 0 rings (SSSR count). The fraction of sp³-hybridized carbons (Fsp3) is 0.833. The second kappa shape index (κ2) is 9.85. The number of rotatable bonds is 9. The van der Waals surface area contributed by atoms with Gasteiger partial charge in [0.05, 0.1) is 19.6 Å². The van der Waals surface area contributed by atoms with Gasteiger partial charge in [-0.1, -0.05) is 0 Å². The fourth-order valence-electron chi connectivity index (χ4n) is 1.34. The minimum absolute atomic E-state index is 0.0431. The van der Waals surface area contributed by atoms with E-state index in [4.69, 9.17) is 4.74 Å². The largest absolute Gasteiger partial charge is 0.469 e. The Morgan fingerprint density at radius 1 is 1.33 bits per heavy atom. The highest BCUT2D eigenvalue weighted by Crippen LogP contribution is 1.98. The number of esters is 1. The minimum atomic E-state index is -0.269. The van der Waals surface area contributed by atoms with Crippen LogP contribution in [-0.4, -0.2) is 63.8 Å². The number of amides is 1. The number of hydrogen-bond donors (Lipinski definition) is 1. The molecule has 0 saturated heterocycles. The van der Waals surface area contributed by atoms with Gasteiger partial charge in [-0.15, -0.1) is 0 Å². The molecular formula is C12H24N2O4. The molecule has 0 aromatic heterocycles. The van der Waals surface area contributed by atoms with Gasteiger partial charge in [0.15, 0.2) is 0 Å². The molecule has 1 atom stereocenters. The summed E-state index contributed by atoms with van der Waals surface area (Å²) in [6.45, 7) is 3.54. The van der Waals surface area contributed by atoms with Crippen LogP contribution in [0.4, 0.5) is 0 Å². The average Bonchev–Trinajstić information content (AvgIpc) is 2.39. The SMILES string of the molecule is COCCCNC(=O)C(C)N(C)CCC(=O)OC. The number of methoxy groups -OCH3 is 2. The molecule has 0 aliphatic rings. The highest BCUT2D eigenvalue weighted by atomic mass is 16.5. The molecular weight excluding hydrogens is 236 g/mol. The van der Waals surface area contributed by atoms with Crippen LogP contribution in [0.3, 0.4) is 0 Å². The summed E-state index contributed by atoms with van der Waals surface area (Å²) in [6.07, 6.45) is 1.08. The lowest BCUT2D eigenvalue weighted by molar-refractivity contribution is -0.141. The molecule has 0 fully saturated rings. The van der Waals surface area contributed by atoms with E-state index in [2.05, 4.69) is 10.1 Å². The standard InChI is InChI=1S/C12H24N2O4/c1-10(12(16)13-7-5-9-17-3)14(2)8-6-11(15)18-4/h10H,5-9H2,1-4H3,(H,13,16). The van der Waals surface area contributed by atoms with Crippen LogP contribution < -0.4 is 5.32 Å². The van der Waals surface area contributed by atoms with Gasteiger partial charge in [-0.3, -0.25) is 14.5 Å². The number of ether oxygens (including phenoxy) is 2. The van der Waals surface area contributed by atoms with E-state index in [1.807, 2.05) is 18.9 Å². The van der Waals surface area contributed by atoms with Crippen molar-refractivity contribution in [2.45, 2.75) is 25.8 Å². The third-order valence-corrected chi connectivity index (χ3v) is 2.76. The molecule has 18 heavy (non-hydrogen) atoms. The molecule has 1 N–H and O–H groups in total. The third kappa shape index (κ3) is 7.24. The lowest BCUT2D eigenvalue weighted by atomic mass is 10.2. The third-order valence-electron chi connectivity index (χ3n) is 2.76. The number of likely N-dealkylation sites (N-methyl/N-ethyl adjacent to an activating group) is 1. The molecule has 6 heteroatoms. The van der Waals surface area contributed by atoms with Gasteiger partial charge in [0.25, 0.3) is 0 Å². The summed E-state index contributed by atoms with van der Waals surface area (Å²) in [4.78, 5) is 24.6. The van der Waals surface area contributed by atoms with E-state index in [1.165, 1.54) is 7.11 Å². The molecule has 0 aromatic rings. The predicted molar refractivity (Wildman–Crippen MR) is 68.2 cm³/mol. The molecule has 0 aliphatic carbocycles. The number of nitrogens with one attached hydrogen (secondary N) is 1. The summed E-state index contributed by atoms with van der Waals surface area (Å²) in [6, 6.07) is -0.266. The summed E-state index contributed by atoms with van der Waals surface area (Å²) < 4.78 is 9.45. The van der Waals surface area contributed by atoms with Crippen molar-refractivity contribution in [1.29, 1.82) is 0 Å². The molecule has 0 aliphatic heterocycles. The maximum Gasteiger partial charge on any atom is 0.306 e. The van der Waals surface area contributed by atoms with Gasteiger partial charge in [-0.2, -0.15) is 0 Å². The quantitative estimate of drug-likeness (QED) is 0.468. The van der Waals surface area contributed by atoms with Crippen molar-refractivity contribution in [1.82, 2.24) is 10.2 Å². The Labute approximate surface area is 109 Å². The van der Waals surface area contributed by atoms with Crippen molar-refractivity contribution in [2.24, 2.45) is 0 Å². The van der Waals surface area contributed by atoms with Crippen molar-refractivity contribution in [3.05, 3.63) is 0 Å². The van der Waals surface area contributed by atoms with Crippen LogP contribution in [0.15, 0.2) is 0 Å². The van der Waals surface area contributed by atoms with Crippen molar-refractivity contribution in [3.8, 4) is 0 Å². The van der Waals surface area contributed by atoms with Gasteiger partial charge >= 0.3 is 5.97 Å². The number of hydrogen-bond acceptors (Lipinski definition) is 5. The highest BCUT2D eigenvalue weighted by molar-refractivity contribution is 5.81. The molecule has 1 unspecified atom stereocenters. The minimum Gasteiger partial charge on any atom is -0.469 e. The van der Waals surface area contributed by atoms with Crippen molar-refractivity contribution in [3.63, 3.8) is 0 Å². The first-order valence-electron chi connectivity index (χ1n) is 6.06. The number of nitrogens with zero attached hydrogens (tertiary/aromatic N) is 1. The fourth-order valence-corrected chi connectivity index (χ4v) is 1.34. The zero-order valence-electron chi connectivity index (χ0n) is 11.7. The normalized spacial score (nSPS) is 12.3. The Balaban J connectivity index is 3.85. The molecule has 0 aromatic carbocycles. The van der Waals surface area contributed by atoms with Crippen LogP contribution in [0.2, 0.25) is 0 Å². The average molecular weight is 260 g/mol. The topological polar surface area (TPSA) is 67.9 Å². The molecule has 0 bridgehead atoms. The van der Waals surface area contributed by atoms with Crippen LogP contribution in [-0.2, 0) is 19.1 Å². The van der Waals surface area contributed by atoms with E-state index in [1.54, 1.807) is 7.11 Å². The van der Waals surface area contributed by atoms with Crippen molar-refractivity contribution < 1.29 is 19.1 Å². The summed E-state index contributed by atoms with van der Waals surface area (Å²) >= 11 is 0. The van der Waals surface area contributed by atoms with Gasteiger partial charge in [-0.05, 0) is 20.4 Å². The predicted octanol–water partition coefficient (Wildman–Crippen LogP) is 0.0225. The molecule has 0 radical (unpaired) electrons. The molecule has 6 nitrogen and oxygen atoms in total. The van der Waals surface area contributed by atoms with E-state index in [0.29, 0.717) is 19.7 Å². The smallest absolute Gasteiger partial charge is 0.306 e.